The van der Waals surface area contributed by atoms with Gasteiger partial charge in [-0.15, -0.1) is 0 Å². The van der Waals surface area contributed by atoms with E-state index in [1.807, 2.05) is 6.07 Å². The van der Waals surface area contributed by atoms with E-state index in [9.17, 15) is 14.0 Å². The number of amides is 1. The molecular formula is C20H22FNO4. The van der Waals surface area contributed by atoms with Gasteiger partial charge in [-0.1, -0.05) is 37.3 Å². The van der Waals surface area contributed by atoms with Crippen LogP contribution < -0.4 is 10.1 Å². The van der Waals surface area contributed by atoms with Crippen molar-refractivity contribution in [2.24, 2.45) is 0 Å². The maximum atomic E-state index is 12.9. The van der Waals surface area contributed by atoms with E-state index >= 15 is 0 Å². The third kappa shape index (κ3) is 5.88. The molecule has 138 valence electrons. The molecule has 0 unspecified atom stereocenters. The fourth-order valence-corrected chi connectivity index (χ4v) is 2.20. The monoisotopic (exact) mass is 359 g/mol. The van der Waals surface area contributed by atoms with Gasteiger partial charge in [-0.05, 0) is 43.2 Å². The number of carbonyl (C=O) groups is 2. The van der Waals surface area contributed by atoms with Crippen LogP contribution >= 0.6 is 0 Å². The van der Waals surface area contributed by atoms with Crippen LogP contribution in [-0.2, 0) is 20.9 Å². The van der Waals surface area contributed by atoms with Crippen LogP contribution in [0, 0.1) is 5.82 Å². The Morgan fingerprint density at radius 1 is 1.08 bits per heavy atom. The predicted octanol–water partition coefficient (Wildman–Crippen LogP) is 3.23. The van der Waals surface area contributed by atoms with Gasteiger partial charge in [0, 0.05) is 6.54 Å². The molecule has 1 amide bonds. The third-order valence-electron chi connectivity index (χ3n) is 3.70. The molecule has 0 aliphatic heterocycles. The highest BCUT2D eigenvalue weighted by molar-refractivity contribution is 5.84. The summed E-state index contributed by atoms with van der Waals surface area (Å²) in [4.78, 5) is 24.3. The maximum absolute atomic E-state index is 12.9. The molecule has 0 heterocycles. The third-order valence-corrected chi connectivity index (χ3v) is 3.70. The zero-order chi connectivity index (χ0) is 18.9. The van der Waals surface area contributed by atoms with Gasteiger partial charge in [-0.25, -0.2) is 9.18 Å². The van der Waals surface area contributed by atoms with Crippen molar-refractivity contribution in [3.05, 3.63) is 66.0 Å². The Morgan fingerprint density at radius 2 is 1.73 bits per heavy atom. The molecule has 0 spiro atoms. The van der Waals surface area contributed by atoms with Crippen molar-refractivity contribution in [3.63, 3.8) is 0 Å². The van der Waals surface area contributed by atoms with Crippen LogP contribution in [0.1, 0.15) is 25.8 Å². The summed E-state index contributed by atoms with van der Waals surface area (Å²) in [6, 6.07) is 14.7. The summed E-state index contributed by atoms with van der Waals surface area (Å²) in [5.74, 6) is -0.811. The lowest BCUT2D eigenvalue weighted by Gasteiger charge is -2.19. The van der Waals surface area contributed by atoms with Crippen LogP contribution in [0.25, 0.3) is 0 Å². The normalized spacial score (nSPS) is 12.7. The second-order valence-corrected chi connectivity index (χ2v) is 5.75. The molecule has 0 aliphatic rings. The van der Waals surface area contributed by atoms with Gasteiger partial charge in [0.15, 0.2) is 12.2 Å². The van der Waals surface area contributed by atoms with E-state index in [4.69, 9.17) is 9.47 Å². The van der Waals surface area contributed by atoms with Crippen LogP contribution in [-0.4, -0.2) is 24.1 Å². The molecule has 6 heteroatoms. The van der Waals surface area contributed by atoms with E-state index in [0.717, 1.165) is 5.56 Å². The molecule has 2 aromatic rings. The molecule has 2 aromatic carbocycles. The van der Waals surface area contributed by atoms with Crippen LogP contribution in [0.5, 0.6) is 5.75 Å². The number of carbonyl (C=O) groups excluding carboxylic acids is 2. The van der Waals surface area contributed by atoms with E-state index in [2.05, 4.69) is 5.32 Å². The molecule has 5 nitrogen and oxygen atoms in total. The van der Waals surface area contributed by atoms with E-state index < -0.39 is 24.1 Å². The Balaban J connectivity index is 1.84. The lowest BCUT2D eigenvalue weighted by atomic mass is 10.2. The van der Waals surface area contributed by atoms with E-state index in [1.165, 1.54) is 19.1 Å². The number of halogens is 1. The summed E-state index contributed by atoms with van der Waals surface area (Å²) in [7, 11) is 0. The Kier molecular flexibility index (Phi) is 7.14. The summed E-state index contributed by atoms with van der Waals surface area (Å²) >= 11 is 0. The first-order chi connectivity index (χ1) is 12.5. The number of hydrogen-bond acceptors (Lipinski definition) is 4. The largest absolute Gasteiger partial charge is 0.479 e. The molecule has 0 saturated carbocycles. The minimum atomic E-state index is -0.962. The number of hydrogen-bond donors (Lipinski definition) is 1. The quantitative estimate of drug-likeness (QED) is 0.735. The van der Waals surface area contributed by atoms with Gasteiger partial charge in [0.2, 0.25) is 0 Å². The SMILES string of the molecule is CC[C@@H](Oc1ccccc1)C(=O)O[C@@H](C)C(=O)NCc1ccc(F)cc1. The second kappa shape index (κ2) is 9.56. The van der Waals surface area contributed by atoms with Gasteiger partial charge in [0.05, 0.1) is 0 Å². The molecule has 0 aromatic heterocycles. The van der Waals surface area contributed by atoms with Gasteiger partial charge in [-0.2, -0.15) is 0 Å². The average Bonchev–Trinajstić information content (AvgIpc) is 2.66. The smallest absolute Gasteiger partial charge is 0.348 e. The molecule has 1 N–H and O–H groups in total. The van der Waals surface area contributed by atoms with Crippen molar-refractivity contribution in [1.29, 1.82) is 0 Å². The van der Waals surface area contributed by atoms with Crippen molar-refractivity contribution in [2.75, 3.05) is 0 Å². The number of ether oxygens (including phenoxy) is 2. The van der Waals surface area contributed by atoms with Crippen molar-refractivity contribution in [3.8, 4) is 5.75 Å². The first kappa shape index (κ1) is 19.4. The van der Waals surface area contributed by atoms with Crippen LogP contribution in [0.4, 0.5) is 4.39 Å². The van der Waals surface area contributed by atoms with Gasteiger partial charge < -0.3 is 14.8 Å². The highest BCUT2D eigenvalue weighted by atomic mass is 19.1. The lowest BCUT2D eigenvalue weighted by Crippen LogP contribution is -2.39. The molecular weight excluding hydrogens is 337 g/mol. The summed E-state index contributed by atoms with van der Waals surface area (Å²) in [5, 5.41) is 2.65. The Morgan fingerprint density at radius 3 is 2.35 bits per heavy atom. The molecule has 0 fully saturated rings. The van der Waals surface area contributed by atoms with Crippen LogP contribution in [0.15, 0.2) is 54.6 Å². The van der Waals surface area contributed by atoms with Crippen molar-refractivity contribution in [1.82, 2.24) is 5.32 Å². The standard InChI is InChI=1S/C20H22FNO4/c1-3-18(26-17-7-5-4-6-8-17)20(24)25-14(2)19(23)22-13-15-9-11-16(21)12-10-15/h4-12,14,18H,3,13H2,1-2H3,(H,22,23)/t14-,18+/m0/s1. The minimum Gasteiger partial charge on any atom is -0.479 e. The topological polar surface area (TPSA) is 64.6 Å². The zero-order valence-electron chi connectivity index (χ0n) is 14.8. The summed E-state index contributed by atoms with van der Waals surface area (Å²) < 4.78 is 23.7. The molecule has 26 heavy (non-hydrogen) atoms. The summed E-state index contributed by atoms with van der Waals surface area (Å²) in [5.41, 5.74) is 0.747. The summed E-state index contributed by atoms with van der Waals surface area (Å²) in [6.07, 6.45) is -1.33. The first-order valence-electron chi connectivity index (χ1n) is 8.44. The zero-order valence-corrected chi connectivity index (χ0v) is 14.8. The molecule has 0 bridgehead atoms. The van der Waals surface area contributed by atoms with Gasteiger partial charge in [0.25, 0.3) is 5.91 Å². The number of esters is 1. The second-order valence-electron chi connectivity index (χ2n) is 5.75. The molecule has 0 radical (unpaired) electrons. The van der Waals surface area contributed by atoms with Gasteiger partial charge >= 0.3 is 5.97 Å². The van der Waals surface area contributed by atoms with Crippen molar-refractivity contribution in [2.45, 2.75) is 39.0 Å². The lowest BCUT2D eigenvalue weighted by molar-refractivity contribution is -0.161. The molecule has 2 rings (SSSR count). The van der Waals surface area contributed by atoms with Crippen molar-refractivity contribution >= 4 is 11.9 Å². The maximum Gasteiger partial charge on any atom is 0.348 e. The number of rotatable bonds is 8. The fourth-order valence-electron chi connectivity index (χ4n) is 2.20. The molecule has 0 aliphatic carbocycles. The van der Waals surface area contributed by atoms with Crippen LogP contribution in [0.3, 0.4) is 0 Å². The Labute approximate surface area is 152 Å². The van der Waals surface area contributed by atoms with Crippen molar-refractivity contribution < 1.29 is 23.5 Å². The van der Waals surface area contributed by atoms with E-state index in [-0.39, 0.29) is 12.4 Å². The first-order valence-corrected chi connectivity index (χ1v) is 8.44. The highest BCUT2D eigenvalue weighted by Gasteiger charge is 2.25. The molecule has 2 atom stereocenters. The summed E-state index contributed by atoms with van der Waals surface area (Å²) in [6.45, 7) is 3.51. The van der Waals surface area contributed by atoms with Gasteiger partial charge in [-0.3, -0.25) is 4.79 Å². The Bertz CT molecular complexity index is 718. The average molecular weight is 359 g/mol. The number of nitrogens with one attached hydrogen (secondary N) is 1. The minimum absolute atomic E-state index is 0.221. The van der Waals surface area contributed by atoms with E-state index in [1.54, 1.807) is 43.3 Å². The van der Waals surface area contributed by atoms with E-state index in [0.29, 0.717) is 12.2 Å². The fraction of sp³-hybridized carbons (Fsp3) is 0.300. The molecule has 0 saturated heterocycles. The number of benzene rings is 2. The van der Waals surface area contributed by atoms with Gasteiger partial charge in [0.1, 0.15) is 11.6 Å². The number of para-hydroxylation sites is 1. The Hall–Kier alpha value is -2.89. The van der Waals surface area contributed by atoms with Crippen LogP contribution in [0.2, 0.25) is 0 Å². The highest BCUT2D eigenvalue weighted by Crippen LogP contribution is 2.14. The predicted molar refractivity (Wildman–Crippen MR) is 94.9 cm³/mol.